The lowest BCUT2D eigenvalue weighted by Crippen LogP contribution is -2.00. The second-order valence-corrected chi connectivity index (χ2v) is 2.74. The summed E-state index contributed by atoms with van der Waals surface area (Å²) >= 11 is 0.684. The molecule has 0 saturated carbocycles. The number of nitro benzene ring substituents is 1. The standard InChI is InChI=1S/C6H5NO5S/c8-7(9)5-1-3-6(4-2-5)13-12-11-10/h1-4,10H/p-1. The summed E-state index contributed by atoms with van der Waals surface area (Å²) in [6.45, 7) is 0. The fourth-order valence-electron chi connectivity index (χ4n) is 0.677. The molecule has 0 saturated heterocycles. The number of hydrogen-bond donors (Lipinski definition) is 0. The number of rotatable bonds is 4. The highest BCUT2D eigenvalue weighted by Crippen LogP contribution is 2.21. The van der Waals surface area contributed by atoms with E-state index in [1.807, 2.05) is 0 Å². The quantitative estimate of drug-likeness (QED) is 0.311. The molecule has 0 aromatic heterocycles. The highest BCUT2D eigenvalue weighted by atomic mass is 32.2. The van der Waals surface area contributed by atoms with Crippen LogP contribution < -0.4 is 5.26 Å². The Bertz CT molecular complexity index is 288. The van der Waals surface area contributed by atoms with Crippen molar-refractivity contribution < 1.29 is 19.6 Å². The van der Waals surface area contributed by atoms with E-state index in [0.29, 0.717) is 16.9 Å². The van der Waals surface area contributed by atoms with Gasteiger partial charge >= 0.3 is 0 Å². The summed E-state index contributed by atoms with van der Waals surface area (Å²) in [5, 5.41) is 22.7. The summed E-state index contributed by atoms with van der Waals surface area (Å²) in [5.41, 5.74) is -0.0209. The van der Waals surface area contributed by atoms with Gasteiger partial charge in [-0.05, 0) is 12.1 Å². The Morgan fingerprint density at radius 3 is 2.38 bits per heavy atom. The SMILES string of the molecule is O=[N+]([O-])c1ccc(SOO[O-])cc1. The Hall–Kier alpha value is -1.15. The maximum absolute atomic E-state index is 10.2. The molecule has 0 fully saturated rings. The molecular formula is C6H4NO5S-. The average Bonchev–Trinajstić information content (AvgIpc) is 2.15. The van der Waals surface area contributed by atoms with E-state index in [0.717, 1.165) is 0 Å². The van der Waals surface area contributed by atoms with Crippen molar-refractivity contribution in [3.63, 3.8) is 0 Å². The average molecular weight is 202 g/mol. The van der Waals surface area contributed by atoms with E-state index in [-0.39, 0.29) is 5.69 Å². The molecule has 0 aliphatic rings. The number of non-ortho nitro benzene ring substituents is 1. The predicted octanol–water partition coefficient (Wildman–Crippen LogP) is 0.825. The molecule has 0 radical (unpaired) electrons. The molecule has 7 heteroatoms. The van der Waals surface area contributed by atoms with Crippen LogP contribution in [0.2, 0.25) is 0 Å². The molecule has 70 valence electrons. The van der Waals surface area contributed by atoms with Gasteiger partial charge in [0.25, 0.3) is 5.69 Å². The molecule has 1 aromatic rings. The summed E-state index contributed by atoms with van der Waals surface area (Å²) in [5.74, 6) is 0. The zero-order valence-electron chi connectivity index (χ0n) is 6.21. The van der Waals surface area contributed by atoms with Gasteiger partial charge in [-0.15, -0.1) is 0 Å². The fraction of sp³-hybridized carbons (Fsp3) is 0. The number of hydrogen-bond acceptors (Lipinski definition) is 6. The number of nitro groups is 1. The molecule has 6 nitrogen and oxygen atoms in total. The van der Waals surface area contributed by atoms with Gasteiger partial charge in [0.2, 0.25) is 0 Å². The first-order chi connectivity index (χ1) is 6.24. The number of nitrogens with zero attached hydrogens (tertiary/aromatic N) is 1. The van der Waals surface area contributed by atoms with Crippen molar-refractivity contribution >= 4 is 17.7 Å². The minimum Gasteiger partial charge on any atom is -0.691 e. The third-order valence-electron chi connectivity index (χ3n) is 1.21. The molecule has 0 amide bonds. The normalized spacial score (nSPS) is 9.92. The van der Waals surface area contributed by atoms with Gasteiger partial charge in [0.15, 0.2) is 0 Å². The molecular weight excluding hydrogens is 198 g/mol. The van der Waals surface area contributed by atoms with E-state index in [4.69, 9.17) is 0 Å². The predicted molar refractivity (Wildman–Crippen MR) is 41.1 cm³/mol. The minimum atomic E-state index is -0.514. The molecule has 0 heterocycles. The maximum atomic E-state index is 10.2. The third kappa shape index (κ3) is 2.99. The minimum absolute atomic E-state index is 0.0209. The molecule has 0 spiro atoms. The van der Waals surface area contributed by atoms with Crippen molar-refractivity contribution in [2.45, 2.75) is 4.90 Å². The van der Waals surface area contributed by atoms with Crippen molar-refractivity contribution in [2.75, 3.05) is 0 Å². The van der Waals surface area contributed by atoms with Crippen molar-refractivity contribution in [1.82, 2.24) is 0 Å². The van der Waals surface area contributed by atoms with Crippen LogP contribution in [0.1, 0.15) is 0 Å². The first-order valence-electron chi connectivity index (χ1n) is 3.11. The van der Waals surface area contributed by atoms with E-state index >= 15 is 0 Å². The van der Waals surface area contributed by atoms with Gasteiger partial charge in [-0.3, -0.25) is 15.2 Å². The van der Waals surface area contributed by atoms with E-state index < -0.39 is 4.92 Å². The summed E-state index contributed by atoms with van der Waals surface area (Å²) in [4.78, 5) is 10.2. The Morgan fingerprint density at radius 2 is 1.92 bits per heavy atom. The summed E-state index contributed by atoms with van der Waals surface area (Å²) in [6, 6.07) is 5.50. The van der Waals surface area contributed by atoms with E-state index in [2.05, 4.69) is 9.37 Å². The molecule has 13 heavy (non-hydrogen) atoms. The smallest absolute Gasteiger partial charge is 0.269 e. The summed E-state index contributed by atoms with van der Waals surface area (Å²) in [6.07, 6.45) is 0. The van der Waals surface area contributed by atoms with Crippen molar-refractivity contribution in [1.29, 1.82) is 0 Å². The first-order valence-corrected chi connectivity index (χ1v) is 3.86. The molecule has 0 atom stereocenters. The lowest BCUT2D eigenvalue weighted by atomic mass is 10.3. The highest BCUT2D eigenvalue weighted by Gasteiger charge is 2.03. The van der Waals surface area contributed by atoms with E-state index in [9.17, 15) is 15.4 Å². The molecule has 1 rings (SSSR count). The second kappa shape index (κ2) is 4.77. The molecule has 0 bridgehead atoms. The Labute approximate surface area is 77.3 Å². The van der Waals surface area contributed by atoms with Crippen LogP contribution in [0.4, 0.5) is 5.69 Å². The lowest BCUT2D eigenvalue weighted by Gasteiger charge is -2.02. The molecule has 0 unspecified atom stereocenters. The Balaban J connectivity index is 2.64. The van der Waals surface area contributed by atoms with Crippen molar-refractivity contribution in [2.24, 2.45) is 0 Å². The maximum Gasteiger partial charge on any atom is 0.269 e. The van der Waals surface area contributed by atoms with Gasteiger partial charge in [-0.25, -0.2) is 0 Å². The zero-order valence-corrected chi connectivity index (χ0v) is 7.02. The summed E-state index contributed by atoms with van der Waals surface area (Å²) in [7, 11) is 0. The van der Waals surface area contributed by atoms with E-state index in [1.165, 1.54) is 24.3 Å². The van der Waals surface area contributed by atoms with Crippen LogP contribution in [0.3, 0.4) is 0 Å². The number of benzene rings is 1. The Kier molecular flexibility index (Phi) is 3.65. The molecule has 1 aromatic carbocycles. The van der Waals surface area contributed by atoms with Crippen LogP contribution in [-0.4, -0.2) is 4.92 Å². The van der Waals surface area contributed by atoms with Gasteiger partial charge in [0.1, 0.15) is 0 Å². The van der Waals surface area contributed by atoms with Crippen LogP contribution in [0, 0.1) is 10.1 Å². The Morgan fingerprint density at radius 1 is 1.31 bits per heavy atom. The fourth-order valence-corrected chi connectivity index (χ4v) is 1.03. The van der Waals surface area contributed by atoms with Crippen LogP contribution in [0.25, 0.3) is 0 Å². The van der Waals surface area contributed by atoms with Gasteiger partial charge in [-0.1, -0.05) is 0 Å². The van der Waals surface area contributed by atoms with Gasteiger partial charge in [-0.2, -0.15) is 4.33 Å². The molecule has 0 aliphatic heterocycles. The molecule has 0 aliphatic carbocycles. The second-order valence-electron chi connectivity index (χ2n) is 1.97. The summed E-state index contributed by atoms with van der Waals surface area (Å²) < 4.78 is 4.01. The van der Waals surface area contributed by atoms with Crippen LogP contribution in [-0.2, 0) is 9.37 Å². The van der Waals surface area contributed by atoms with Gasteiger partial charge in [0, 0.05) is 17.0 Å². The zero-order chi connectivity index (χ0) is 9.68. The van der Waals surface area contributed by atoms with Crippen LogP contribution >= 0.6 is 12.0 Å². The van der Waals surface area contributed by atoms with Crippen molar-refractivity contribution in [3.05, 3.63) is 34.4 Å². The van der Waals surface area contributed by atoms with E-state index in [1.54, 1.807) is 0 Å². The van der Waals surface area contributed by atoms with Gasteiger partial charge in [0.05, 0.1) is 17.0 Å². The lowest BCUT2D eigenvalue weighted by molar-refractivity contribution is -0.777. The van der Waals surface area contributed by atoms with Gasteiger partial charge < -0.3 is 5.26 Å². The first kappa shape index (κ1) is 9.93. The third-order valence-corrected chi connectivity index (χ3v) is 1.79. The van der Waals surface area contributed by atoms with Crippen molar-refractivity contribution in [3.8, 4) is 0 Å². The molecule has 0 N–H and O–H groups in total. The van der Waals surface area contributed by atoms with Crippen LogP contribution in [0.5, 0.6) is 0 Å². The monoisotopic (exact) mass is 202 g/mol. The highest BCUT2D eigenvalue weighted by molar-refractivity contribution is 7.94. The topological polar surface area (TPSA) is 84.7 Å². The van der Waals surface area contributed by atoms with Crippen LogP contribution in [0.15, 0.2) is 29.2 Å². The largest absolute Gasteiger partial charge is 0.691 e.